The van der Waals surface area contributed by atoms with Crippen LogP contribution in [0.5, 0.6) is 5.75 Å². The summed E-state index contributed by atoms with van der Waals surface area (Å²) in [5.41, 5.74) is 2.94. The van der Waals surface area contributed by atoms with Gasteiger partial charge in [0.1, 0.15) is 12.4 Å². The van der Waals surface area contributed by atoms with Gasteiger partial charge in [-0.15, -0.1) is 0 Å². The highest BCUT2D eigenvalue weighted by molar-refractivity contribution is 5.84. The van der Waals surface area contributed by atoms with Crippen LogP contribution >= 0.6 is 0 Å². The molecule has 1 heterocycles. The van der Waals surface area contributed by atoms with Crippen molar-refractivity contribution in [1.29, 1.82) is 0 Å². The standard InChI is InChI=1S/C17H15NO2/c1-12-4-2-5-13(10-12)11-20-15-7-3-6-14-8-9-16(19)18-17(14)15/h2-10H,11H2,1H3,(H,18,19). The van der Waals surface area contributed by atoms with E-state index in [0.717, 1.165) is 16.5 Å². The normalized spacial score (nSPS) is 10.7. The van der Waals surface area contributed by atoms with Crippen LogP contribution in [0.4, 0.5) is 0 Å². The monoisotopic (exact) mass is 265 g/mol. The fraction of sp³-hybridized carbons (Fsp3) is 0.118. The molecule has 3 rings (SSSR count). The third-order valence-corrected chi connectivity index (χ3v) is 3.20. The molecule has 2 aromatic carbocycles. The summed E-state index contributed by atoms with van der Waals surface area (Å²) in [5.74, 6) is 0.696. The molecule has 0 spiro atoms. The van der Waals surface area contributed by atoms with Gasteiger partial charge in [0.2, 0.25) is 5.56 Å². The summed E-state index contributed by atoms with van der Waals surface area (Å²) in [6.45, 7) is 2.54. The van der Waals surface area contributed by atoms with Crippen molar-refractivity contribution < 1.29 is 4.74 Å². The van der Waals surface area contributed by atoms with Gasteiger partial charge in [-0.05, 0) is 24.6 Å². The van der Waals surface area contributed by atoms with Crippen LogP contribution in [-0.4, -0.2) is 4.98 Å². The van der Waals surface area contributed by atoms with Gasteiger partial charge in [-0.1, -0.05) is 42.0 Å². The van der Waals surface area contributed by atoms with E-state index in [4.69, 9.17) is 4.74 Å². The zero-order chi connectivity index (χ0) is 13.9. The van der Waals surface area contributed by atoms with Crippen molar-refractivity contribution in [2.45, 2.75) is 13.5 Å². The minimum atomic E-state index is -0.121. The Balaban J connectivity index is 1.91. The van der Waals surface area contributed by atoms with Crippen molar-refractivity contribution in [2.24, 2.45) is 0 Å². The Morgan fingerprint density at radius 1 is 1.05 bits per heavy atom. The molecule has 0 aliphatic carbocycles. The number of para-hydroxylation sites is 1. The Labute approximate surface area is 116 Å². The number of aromatic amines is 1. The predicted octanol–water partition coefficient (Wildman–Crippen LogP) is 3.42. The number of benzene rings is 2. The molecule has 3 nitrogen and oxygen atoms in total. The molecule has 0 aliphatic rings. The predicted molar refractivity (Wildman–Crippen MR) is 80.1 cm³/mol. The second-order valence-corrected chi connectivity index (χ2v) is 4.82. The third-order valence-electron chi connectivity index (χ3n) is 3.20. The van der Waals surface area contributed by atoms with Gasteiger partial charge < -0.3 is 9.72 Å². The average Bonchev–Trinajstić information content (AvgIpc) is 2.45. The van der Waals surface area contributed by atoms with Gasteiger partial charge in [0, 0.05) is 11.5 Å². The first kappa shape index (κ1) is 12.5. The van der Waals surface area contributed by atoms with Gasteiger partial charge in [-0.3, -0.25) is 4.79 Å². The molecule has 0 amide bonds. The van der Waals surface area contributed by atoms with E-state index >= 15 is 0 Å². The van der Waals surface area contributed by atoms with Gasteiger partial charge in [-0.2, -0.15) is 0 Å². The van der Waals surface area contributed by atoms with Crippen molar-refractivity contribution in [1.82, 2.24) is 4.98 Å². The fourth-order valence-electron chi connectivity index (χ4n) is 2.23. The lowest BCUT2D eigenvalue weighted by Gasteiger charge is -2.09. The molecule has 20 heavy (non-hydrogen) atoms. The zero-order valence-electron chi connectivity index (χ0n) is 11.2. The van der Waals surface area contributed by atoms with Crippen LogP contribution in [-0.2, 0) is 6.61 Å². The molecule has 0 bridgehead atoms. The van der Waals surface area contributed by atoms with Crippen LogP contribution in [0.2, 0.25) is 0 Å². The van der Waals surface area contributed by atoms with E-state index < -0.39 is 0 Å². The molecule has 1 N–H and O–H groups in total. The topological polar surface area (TPSA) is 42.1 Å². The maximum atomic E-state index is 11.4. The molecule has 1 aromatic heterocycles. The van der Waals surface area contributed by atoms with Crippen molar-refractivity contribution in [3.05, 3.63) is 76.1 Å². The van der Waals surface area contributed by atoms with E-state index in [1.54, 1.807) is 6.07 Å². The van der Waals surface area contributed by atoms with Crippen LogP contribution in [0.3, 0.4) is 0 Å². The van der Waals surface area contributed by atoms with Gasteiger partial charge in [0.15, 0.2) is 0 Å². The van der Waals surface area contributed by atoms with E-state index in [2.05, 4.69) is 24.0 Å². The highest BCUT2D eigenvalue weighted by Gasteiger charge is 2.03. The largest absolute Gasteiger partial charge is 0.487 e. The Hall–Kier alpha value is -2.55. The summed E-state index contributed by atoms with van der Waals surface area (Å²) in [6.07, 6.45) is 0. The molecule has 100 valence electrons. The van der Waals surface area contributed by atoms with Gasteiger partial charge in [0.25, 0.3) is 0 Å². The molecule has 0 unspecified atom stereocenters. The summed E-state index contributed by atoms with van der Waals surface area (Å²) >= 11 is 0. The SMILES string of the molecule is Cc1cccc(COc2cccc3ccc(=O)[nH]c23)c1. The lowest BCUT2D eigenvalue weighted by atomic mass is 10.1. The van der Waals surface area contributed by atoms with Crippen LogP contribution in [0.25, 0.3) is 10.9 Å². The maximum Gasteiger partial charge on any atom is 0.248 e. The summed E-state index contributed by atoms with van der Waals surface area (Å²) in [5, 5.41) is 0.964. The number of aryl methyl sites for hydroxylation is 1. The van der Waals surface area contributed by atoms with Crippen molar-refractivity contribution >= 4 is 10.9 Å². The second-order valence-electron chi connectivity index (χ2n) is 4.82. The second kappa shape index (κ2) is 5.21. The molecule has 0 radical (unpaired) electrons. The first-order chi connectivity index (χ1) is 9.72. The Morgan fingerprint density at radius 2 is 1.90 bits per heavy atom. The number of hydrogen-bond donors (Lipinski definition) is 1. The van der Waals surface area contributed by atoms with Crippen LogP contribution in [0.15, 0.2) is 59.4 Å². The smallest absolute Gasteiger partial charge is 0.248 e. The van der Waals surface area contributed by atoms with Crippen molar-refractivity contribution in [3.63, 3.8) is 0 Å². The number of hydrogen-bond acceptors (Lipinski definition) is 2. The number of aromatic nitrogens is 1. The number of nitrogens with one attached hydrogen (secondary N) is 1. The molecular formula is C17H15NO2. The Morgan fingerprint density at radius 3 is 2.75 bits per heavy atom. The molecule has 3 heteroatoms. The molecule has 0 saturated carbocycles. The molecule has 0 atom stereocenters. The van der Waals surface area contributed by atoms with Crippen LogP contribution in [0.1, 0.15) is 11.1 Å². The lowest BCUT2D eigenvalue weighted by molar-refractivity contribution is 0.309. The highest BCUT2D eigenvalue weighted by atomic mass is 16.5. The summed E-state index contributed by atoms with van der Waals surface area (Å²) in [6, 6.07) is 17.2. The quantitative estimate of drug-likeness (QED) is 0.788. The lowest BCUT2D eigenvalue weighted by Crippen LogP contribution is -2.04. The van der Waals surface area contributed by atoms with Crippen LogP contribution < -0.4 is 10.3 Å². The first-order valence-corrected chi connectivity index (χ1v) is 6.53. The summed E-state index contributed by atoms with van der Waals surface area (Å²) in [7, 11) is 0. The zero-order valence-corrected chi connectivity index (χ0v) is 11.2. The molecule has 0 fully saturated rings. The fourth-order valence-corrected chi connectivity index (χ4v) is 2.23. The summed E-state index contributed by atoms with van der Waals surface area (Å²) < 4.78 is 5.85. The van der Waals surface area contributed by atoms with Gasteiger partial charge >= 0.3 is 0 Å². The van der Waals surface area contributed by atoms with Gasteiger partial charge in [0.05, 0.1) is 5.52 Å². The Kier molecular flexibility index (Phi) is 3.25. The molecule has 0 aliphatic heterocycles. The molecule has 3 aromatic rings. The van der Waals surface area contributed by atoms with E-state index in [1.807, 2.05) is 30.3 Å². The van der Waals surface area contributed by atoms with Gasteiger partial charge in [-0.25, -0.2) is 0 Å². The first-order valence-electron chi connectivity index (χ1n) is 6.53. The number of ether oxygens (including phenoxy) is 1. The minimum absolute atomic E-state index is 0.121. The van der Waals surface area contributed by atoms with E-state index in [0.29, 0.717) is 12.4 Å². The number of fused-ring (bicyclic) bond motifs is 1. The van der Waals surface area contributed by atoms with Crippen molar-refractivity contribution in [3.8, 4) is 5.75 Å². The molecule has 0 saturated heterocycles. The summed E-state index contributed by atoms with van der Waals surface area (Å²) in [4.78, 5) is 14.3. The Bertz CT molecular complexity index is 805. The maximum absolute atomic E-state index is 11.4. The van der Waals surface area contributed by atoms with E-state index in [9.17, 15) is 4.79 Å². The van der Waals surface area contributed by atoms with E-state index in [-0.39, 0.29) is 5.56 Å². The van der Waals surface area contributed by atoms with E-state index in [1.165, 1.54) is 11.6 Å². The highest BCUT2D eigenvalue weighted by Crippen LogP contribution is 2.23. The van der Waals surface area contributed by atoms with Crippen LogP contribution in [0, 0.1) is 6.92 Å². The third kappa shape index (κ3) is 2.57. The number of H-pyrrole nitrogens is 1. The molecular weight excluding hydrogens is 250 g/mol. The number of rotatable bonds is 3. The number of pyridine rings is 1. The average molecular weight is 265 g/mol. The van der Waals surface area contributed by atoms with Crippen molar-refractivity contribution in [2.75, 3.05) is 0 Å². The minimum Gasteiger partial charge on any atom is -0.487 e.